The summed E-state index contributed by atoms with van der Waals surface area (Å²) in [5.74, 6) is -1.68. The Labute approximate surface area is 130 Å². The average Bonchev–Trinajstić information content (AvgIpc) is 2.81. The quantitative estimate of drug-likeness (QED) is 0.840. The van der Waals surface area contributed by atoms with E-state index in [1.807, 2.05) is 5.32 Å². The van der Waals surface area contributed by atoms with E-state index in [0.717, 1.165) is 4.90 Å². The van der Waals surface area contributed by atoms with Crippen molar-refractivity contribution in [1.29, 1.82) is 0 Å². The second-order valence-electron chi connectivity index (χ2n) is 5.14. The van der Waals surface area contributed by atoms with Gasteiger partial charge in [-0.15, -0.1) is 0 Å². The van der Waals surface area contributed by atoms with Crippen LogP contribution in [0.15, 0.2) is 30.3 Å². The molecule has 124 valence electrons. The van der Waals surface area contributed by atoms with Gasteiger partial charge in [-0.2, -0.15) is 13.2 Å². The van der Waals surface area contributed by atoms with Gasteiger partial charge in [0.05, 0.1) is 0 Å². The smallest absolute Gasteiger partial charge is 0.341 e. The van der Waals surface area contributed by atoms with Gasteiger partial charge in [-0.05, 0) is 5.56 Å². The van der Waals surface area contributed by atoms with Gasteiger partial charge >= 0.3 is 6.18 Å². The van der Waals surface area contributed by atoms with Gasteiger partial charge in [0.2, 0.25) is 17.7 Å². The van der Waals surface area contributed by atoms with E-state index in [-0.39, 0.29) is 31.4 Å². The highest BCUT2D eigenvalue weighted by atomic mass is 19.4. The first-order valence-corrected chi connectivity index (χ1v) is 7.03. The van der Waals surface area contributed by atoms with Crippen molar-refractivity contribution in [3.05, 3.63) is 35.9 Å². The van der Waals surface area contributed by atoms with Crippen LogP contribution >= 0.6 is 0 Å². The highest BCUT2D eigenvalue weighted by Gasteiger charge is 2.41. The summed E-state index contributed by atoms with van der Waals surface area (Å²) >= 11 is 0. The molecule has 1 saturated heterocycles. The summed E-state index contributed by atoms with van der Waals surface area (Å²) in [5.41, 5.74) is -0.0818. The summed E-state index contributed by atoms with van der Waals surface area (Å²) in [6.45, 7) is -0.205. The Balaban J connectivity index is 1.98. The third-order valence-corrected chi connectivity index (χ3v) is 3.48. The highest BCUT2D eigenvalue weighted by Crippen LogP contribution is 2.32. The van der Waals surface area contributed by atoms with Crippen LogP contribution < -0.4 is 5.32 Å². The van der Waals surface area contributed by atoms with E-state index in [2.05, 4.69) is 0 Å². The van der Waals surface area contributed by atoms with E-state index in [9.17, 15) is 27.6 Å². The molecule has 0 spiro atoms. The van der Waals surface area contributed by atoms with Crippen molar-refractivity contribution < 1.29 is 27.6 Å². The standard InChI is InChI=1S/C15H15F3N2O3/c16-15(17,18)14(10-4-2-1-3-5-10)19-11(21)8-9-20-12(22)6-7-13(20)23/h1-5,14H,6-9H2,(H,19,21). The van der Waals surface area contributed by atoms with Crippen LogP contribution in [0.1, 0.15) is 30.9 Å². The molecule has 1 aliphatic rings. The molecule has 3 amide bonds. The predicted octanol–water partition coefficient (Wildman–Crippen LogP) is 1.95. The van der Waals surface area contributed by atoms with Gasteiger partial charge in [-0.1, -0.05) is 30.3 Å². The lowest BCUT2D eigenvalue weighted by Crippen LogP contribution is -2.40. The van der Waals surface area contributed by atoms with E-state index in [1.54, 1.807) is 6.07 Å². The molecule has 1 unspecified atom stereocenters. The van der Waals surface area contributed by atoms with Crippen LogP contribution in [0.3, 0.4) is 0 Å². The molecule has 0 radical (unpaired) electrons. The molecule has 5 nitrogen and oxygen atoms in total. The number of likely N-dealkylation sites (tertiary alicyclic amines) is 1. The van der Waals surface area contributed by atoms with Gasteiger partial charge in [0, 0.05) is 25.8 Å². The van der Waals surface area contributed by atoms with Gasteiger partial charge < -0.3 is 5.32 Å². The normalized spacial score (nSPS) is 16.6. The zero-order valence-corrected chi connectivity index (χ0v) is 12.1. The molecule has 1 aliphatic heterocycles. The van der Waals surface area contributed by atoms with Gasteiger partial charge in [-0.3, -0.25) is 19.3 Å². The third-order valence-electron chi connectivity index (χ3n) is 3.48. The molecule has 1 heterocycles. The fourth-order valence-corrected chi connectivity index (χ4v) is 2.32. The SMILES string of the molecule is O=C(CCN1C(=O)CCC1=O)NC(c1ccccc1)C(F)(F)F. The Morgan fingerprint density at radius 2 is 1.70 bits per heavy atom. The van der Waals surface area contributed by atoms with Gasteiger partial charge in [0.1, 0.15) is 0 Å². The number of nitrogens with zero attached hydrogens (tertiary/aromatic N) is 1. The minimum atomic E-state index is -4.64. The first-order valence-electron chi connectivity index (χ1n) is 7.03. The minimum Gasteiger partial charge on any atom is -0.341 e. The Kier molecular flexibility index (Phi) is 5.02. The summed E-state index contributed by atoms with van der Waals surface area (Å²) in [5, 5.41) is 1.91. The summed E-state index contributed by atoms with van der Waals surface area (Å²) in [4.78, 5) is 35.5. The molecule has 8 heteroatoms. The van der Waals surface area contributed by atoms with Crippen molar-refractivity contribution in [2.75, 3.05) is 6.54 Å². The van der Waals surface area contributed by atoms with Crippen molar-refractivity contribution in [1.82, 2.24) is 10.2 Å². The van der Waals surface area contributed by atoms with Crippen LogP contribution in [-0.4, -0.2) is 35.3 Å². The maximum absolute atomic E-state index is 13.1. The van der Waals surface area contributed by atoms with Crippen LogP contribution in [-0.2, 0) is 14.4 Å². The molecule has 1 fully saturated rings. The summed E-state index contributed by atoms with van der Waals surface area (Å²) in [7, 11) is 0. The lowest BCUT2D eigenvalue weighted by atomic mass is 10.1. The molecular weight excluding hydrogens is 313 g/mol. The molecular formula is C15H15F3N2O3. The van der Waals surface area contributed by atoms with Crippen molar-refractivity contribution in [2.24, 2.45) is 0 Å². The number of rotatable bonds is 5. The topological polar surface area (TPSA) is 66.5 Å². The van der Waals surface area contributed by atoms with E-state index in [0.29, 0.717) is 0 Å². The molecule has 1 N–H and O–H groups in total. The minimum absolute atomic E-state index is 0.0790. The zero-order valence-electron chi connectivity index (χ0n) is 12.1. The molecule has 0 bridgehead atoms. The van der Waals surface area contributed by atoms with Crippen molar-refractivity contribution >= 4 is 17.7 Å². The average molecular weight is 328 g/mol. The fraction of sp³-hybridized carbons (Fsp3) is 0.400. The van der Waals surface area contributed by atoms with Gasteiger partial charge in [0.15, 0.2) is 6.04 Å². The molecule has 23 heavy (non-hydrogen) atoms. The number of nitrogens with one attached hydrogen (secondary N) is 1. The van der Waals surface area contributed by atoms with Crippen LogP contribution in [0.5, 0.6) is 0 Å². The van der Waals surface area contributed by atoms with Crippen LogP contribution in [0.25, 0.3) is 0 Å². The van der Waals surface area contributed by atoms with Crippen LogP contribution in [0.2, 0.25) is 0 Å². The zero-order chi connectivity index (χ0) is 17.0. The van der Waals surface area contributed by atoms with E-state index >= 15 is 0 Å². The lowest BCUT2D eigenvalue weighted by Gasteiger charge is -2.22. The molecule has 1 aromatic rings. The first-order chi connectivity index (χ1) is 10.8. The number of alkyl halides is 3. The Morgan fingerprint density at radius 1 is 1.13 bits per heavy atom. The molecule has 1 aromatic carbocycles. The van der Waals surface area contributed by atoms with Gasteiger partial charge in [0.25, 0.3) is 0 Å². The second kappa shape index (κ2) is 6.80. The molecule has 0 saturated carbocycles. The molecule has 0 aromatic heterocycles. The van der Waals surface area contributed by atoms with E-state index in [1.165, 1.54) is 24.3 Å². The maximum Gasteiger partial charge on any atom is 0.412 e. The summed E-state index contributed by atoms with van der Waals surface area (Å²) in [6.07, 6.45) is -4.85. The van der Waals surface area contributed by atoms with Crippen molar-refractivity contribution in [3.8, 4) is 0 Å². The lowest BCUT2D eigenvalue weighted by molar-refractivity contribution is -0.163. The number of carbonyl (C=O) groups excluding carboxylic acids is 3. The predicted molar refractivity (Wildman–Crippen MR) is 74.0 cm³/mol. The highest BCUT2D eigenvalue weighted by molar-refractivity contribution is 6.02. The van der Waals surface area contributed by atoms with Crippen molar-refractivity contribution in [3.63, 3.8) is 0 Å². The maximum atomic E-state index is 13.1. The van der Waals surface area contributed by atoms with E-state index < -0.39 is 29.9 Å². The summed E-state index contributed by atoms with van der Waals surface area (Å²) in [6, 6.07) is 4.88. The fourth-order valence-electron chi connectivity index (χ4n) is 2.32. The van der Waals surface area contributed by atoms with E-state index in [4.69, 9.17) is 0 Å². The summed E-state index contributed by atoms with van der Waals surface area (Å²) < 4.78 is 39.3. The number of hydrogen-bond acceptors (Lipinski definition) is 3. The first kappa shape index (κ1) is 17.0. The molecule has 2 rings (SSSR count). The Morgan fingerprint density at radius 3 is 2.22 bits per heavy atom. The van der Waals surface area contributed by atoms with Gasteiger partial charge in [-0.25, -0.2) is 0 Å². The van der Waals surface area contributed by atoms with Crippen molar-refractivity contribution in [2.45, 2.75) is 31.5 Å². The number of imide groups is 1. The number of carbonyl (C=O) groups is 3. The number of benzene rings is 1. The number of hydrogen-bond donors (Lipinski definition) is 1. The largest absolute Gasteiger partial charge is 0.412 e. The Bertz CT molecular complexity index is 586. The second-order valence-corrected chi connectivity index (χ2v) is 5.14. The van der Waals surface area contributed by atoms with Crippen LogP contribution in [0.4, 0.5) is 13.2 Å². The molecule has 0 aliphatic carbocycles. The van der Waals surface area contributed by atoms with Crippen LogP contribution in [0, 0.1) is 0 Å². The number of halogens is 3. The monoisotopic (exact) mass is 328 g/mol. The Hall–Kier alpha value is -2.38. The molecule has 1 atom stereocenters. The third kappa shape index (κ3) is 4.30. The number of amides is 3.